The Bertz CT molecular complexity index is 187. The lowest BCUT2D eigenvalue weighted by molar-refractivity contribution is 0.424. The van der Waals surface area contributed by atoms with Gasteiger partial charge in [-0.05, 0) is 30.9 Å². The van der Waals surface area contributed by atoms with Gasteiger partial charge >= 0.3 is 0 Å². The minimum absolute atomic E-state index is 0.547. The standard InChI is InChI=1S/C7H8O/c8-7-4-5-1-2-6(7)3-5/h4,8H,1-3H2. The summed E-state index contributed by atoms with van der Waals surface area (Å²) in [4.78, 5) is 0. The number of aliphatic hydroxyl groups is 1. The van der Waals surface area contributed by atoms with Crippen LogP contribution in [0.5, 0.6) is 0 Å². The van der Waals surface area contributed by atoms with Crippen molar-refractivity contribution in [2.45, 2.75) is 19.3 Å². The van der Waals surface area contributed by atoms with E-state index in [0.29, 0.717) is 5.76 Å². The second kappa shape index (κ2) is 1.16. The average Bonchev–Trinajstić information content (AvgIpc) is 2.23. The molecule has 8 heavy (non-hydrogen) atoms. The fourth-order valence-corrected chi connectivity index (χ4v) is 1.40. The monoisotopic (exact) mass is 108 g/mol. The van der Waals surface area contributed by atoms with Gasteiger partial charge in [0.25, 0.3) is 0 Å². The molecule has 1 fully saturated rings. The van der Waals surface area contributed by atoms with Crippen LogP contribution in [0.3, 0.4) is 0 Å². The Balaban J connectivity index is 2.47. The van der Waals surface area contributed by atoms with Gasteiger partial charge < -0.3 is 5.11 Å². The largest absolute Gasteiger partial charge is 0.508 e. The maximum absolute atomic E-state index is 9.02. The van der Waals surface area contributed by atoms with Crippen LogP contribution in [0.4, 0.5) is 0 Å². The third-order valence-electron chi connectivity index (χ3n) is 1.89. The molecule has 0 spiro atoms. The third-order valence-corrected chi connectivity index (χ3v) is 1.89. The summed E-state index contributed by atoms with van der Waals surface area (Å²) in [6.45, 7) is 0. The number of fused-ring (bicyclic) bond motifs is 2. The predicted molar refractivity (Wildman–Crippen MR) is 31.6 cm³/mol. The van der Waals surface area contributed by atoms with Gasteiger partial charge in [0.1, 0.15) is 5.76 Å². The second-order valence-corrected chi connectivity index (χ2v) is 2.47. The van der Waals surface area contributed by atoms with Crippen LogP contribution in [-0.2, 0) is 0 Å². The van der Waals surface area contributed by atoms with Crippen LogP contribution in [0.2, 0.25) is 0 Å². The number of hydrogen-bond acceptors (Lipinski definition) is 1. The molecule has 1 N–H and O–H groups in total. The van der Waals surface area contributed by atoms with E-state index in [0.717, 1.165) is 12.8 Å². The Labute approximate surface area is 48.3 Å². The number of aliphatic hydroxyl groups excluding tert-OH is 1. The predicted octanol–water partition coefficient (Wildman–Crippen LogP) is 1.92. The molecule has 0 aromatic rings. The van der Waals surface area contributed by atoms with Crippen molar-refractivity contribution < 1.29 is 5.11 Å². The Kier molecular flexibility index (Phi) is 0.608. The molecule has 0 aromatic carbocycles. The van der Waals surface area contributed by atoms with Crippen molar-refractivity contribution in [2.75, 3.05) is 0 Å². The molecule has 2 aliphatic rings. The van der Waals surface area contributed by atoms with E-state index in [1.807, 2.05) is 6.08 Å². The van der Waals surface area contributed by atoms with E-state index in [1.54, 1.807) is 0 Å². The van der Waals surface area contributed by atoms with E-state index in [4.69, 9.17) is 5.11 Å². The maximum atomic E-state index is 9.02. The molecule has 1 heteroatoms. The molecule has 0 atom stereocenters. The molecule has 2 rings (SSSR count). The summed E-state index contributed by atoms with van der Waals surface area (Å²) in [6, 6.07) is 0. The lowest BCUT2D eigenvalue weighted by Crippen LogP contribution is -1.80. The first-order valence-corrected chi connectivity index (χ1v) is 2.97. The molecule has 0 amide bonds. The Morgan fingerprint density at radius 3 is 2.50 bits per heavy atom. The molecule has 0 radical (unpaired) electrons. The van der Waals surface area contributed by atoms with E-state index in [-0.39, 0.29) is 0 Å². The maximum Gasteiger partial charge on any atom is 0.115 e. The SMILES string of the molecule is OC1=C2CCC(=C1)C2. The quantitative estimate of drug-likeness (QED) is 0.502. The summed E-state index contributed by atoms with van der Waals surface area (Å²) in [5.74, 6) is 0.547. The summed E-state index contributed by atoms with van der Waals surface area (Å²) in [5, 5.41) is 9.02. The van der Waals surface area contributed by atoms with Gasteiger partial charge in [-0.2, -0.15) is 0 Å². The number of rotatable bonds is 0. The number of hydrogen-bond donors (Lipinski definition) is 1. The Morgan fingerprint density at radius 2 is 2.25 bits per heavy atom. The van der Waals surface area contributed by atoms with E-state index >= 15 is 0 Å². The lowest BCUT2D eigenvalue weighted by Gasteiger charge is -1.95. The summed E-state index contributed by atoms with van der Waals surface area (Å²) < 4.78 is 0. The van der Waals surface area contributed by atoms with Gasteiger partial charge in [-0.3, -0.25) is 0 Å². The molecule has 0 heterocycles. The van der Waals surface area contributed by atoms with Gasteiger partial charge in [-0.25, -0.2) is 0 Å². The fourth-order valence-electron chi connectivity index (χ4n) is 1.40. The van der Waals surface area contributed by atoms with Crippen LogP contribution in [0.15, 0.2) is 23.0 Å². The van der Waals surface area contributed by atoms with Crippen molar-refractivity contribution in [3.63, 3.8) is 0 Å². The molecule has 0 saturated heterocycles. The second-order valence-electron chi connectivity index (χ2n) is 2.47. The summed E-state index contributed by atoms with van der Waals surface area (Å²) >= 11 is 0. The summed E-state index contributed by atoms with van der Waals surface area (Å²) in [5.41, 5.74) is 2.66. The van der Waals surface area contributed by atoms with Crippen molar-refractivity contribution >= 4 is 0 Å². The highest BCUT2D eigenvalue weighted by atomic mass is 16.3. The first kappa shape index (κ1) is 4.19. The van der Waals surface area contributed by atoms with Crippen LogP contribution in [0.1, 0.15) is 19.3 Å². The van der Waals surface area contributed by atoms with E-state index < -0.39 is 0 Å². The lowest BCUT2D eigenvalue weighted by atomic mass is 10.2. The van der Waals surface area contributed by atoms with Crippen LogP contribution < -0.4 is 0 Å². The normalized spacial score (nSPS) is 24.8. The smallest absolute Gasteiger partial charge is 0.115 e. The molecular formula is C7H8O. The highest BCUT2D eigenvalue weighted by molar-refractivity contribution is 5.39. The zero-order valence-corrected chi connectivity index (χ0v) is 4.65. The molecule has 2 bridgehead atoms. The third kappa shape index (κ3) is 0.365. The van der Waals surface area contributed by atoms with Crippen LogP contribution in [0.25, 0.3) is 0 Å². The van der Waals surface area contributed by atoms with Crippen molar-refractivity contribution in [2.24, 2.45) is 0 Å². The molecule has 1 nitrogen and oxygen atoms in total. The molecule has 0 aliphatic heterocycles. The minimum Gasteiger partial charge on any atom is -0.508 e. The van der Waals surface area contributed by atoms with Crippen molar-refractivity contribution in [1.82, 2.24) is 0 Å². The molecule has 42 valence electrons. The Morgan fingerprint density at radius 1 is 1.38 bits per heavy atom. The van der Waals surface area contributed by atoms with Crippen molar-refractivity contribution in [3.05, 3.63) is 23.0 Å². The number of allylic oxidation sites excluding steroid dienone is 3. The van der Waals surface area contributed by atoms with E-state index in [2.05, 4.69) is 0 Å². The van der Waals surface area contributed by atoms with Gasteiger partial charge in [0, 0.05) is 0 Å². The van der Waals surface area contributed by atoms with Gasteiger partial charge in [-0.15, -0.1) is 0 Å². The van der Waals surface area contributed by atoms with E-state index in [9.17, 15) is 0 Å². The van der Waals surface area contributed by atoms with Crippen molar-refractivity contribution in [1.29, 1.82) is 0 Å². The van der Waals surface area contributed by atoms with Gasteiger partial charge in [0.2, 0.25) is 0 Å². The molecule has 0 aromatic heterocycles. The molecule has 0 unspecified atom stereocenters. The van der Waals surface area contributed by atoms with Crippen LogP contribution in [0, 0.1) is 0 Å². The van der Waals surface area contributed by atoms with Crippen molar-refractivity contribution in [3.8, 4) is 0 Å². The molecule has 1 saturated carbocycles. The van der Waals surface area contributed by atoms with Gasteiger partial charge in [0.05, 0.1) is 0 Å². The summed E-state index contributed by atoms with van der Waals surface area (Å²) in [6.07, 6.45) is 5.27. The first-order chi connectivity index (χ1) is 3.86. The highest BCUT2D eigenvalue weighted by Gasteiger charge is 2.21. The van der Waals surface area contributed by atoms with Crippen LogP contribution >= 0.6 is 0 Å². The summed E-state index contributed by atoms with van der Waals surface area (Å²) in [7, 11) is 0. The molecule has 2 aliphatic carbocycles. The zero-order chi connectivity index (χ0) is 5.56. The minimum atomic E-state index is 0.547. The highest BCUT2D eigenvalue weighted by Crippen LogP contribution is 2.37. The first-order valence-electron chi connectivity index (χ1n) is 2.97. The topological polar surface area (TPSA) is 20.2 Å². The van der Waals surface area contributed by atoms with Gasteiger partial charge in [-0.1, -0.05) is 5.57 Å². The van der Waals surface area contributed by atoms with E-state index in [1.165, 1.54) is 17.6 Å². The van der Waals surface area contributed by atoms with Gasteiger partial charge in [0.15, 0.2) is 0 Å². The fraction of sp³-hybridized carbons (Fsp3) is 0.429. The average molecular weight is 108 g/mol. The van der Waals surface area contributed by atoms with Crippen LogP contribution in [-0.4, -0.2) is 5.11 Å². The molecular weight excluding hydrogens is 100 g/mol. The zero-order valence-electron chi connectivity index (χ0n) is 4.65. The Hall–Kier alpha value is -0.720.